The summed E-state index contributed by atoms with van der Waals surface area (Å²) in [6.07, 6.45) is 52.8. The van der Waals surface area contributed by atoms with Crippen LogP contribution < -0.4 is 0 Å². The normalized spacial score (nSPS) is 13.7. The summed E-state index contributed by atoms with van der Waals surface area (Å²) in [5.74, 6) is -5.67. The Bertz CT molecular complexity index is 1180. The molecular weight excluding hydrogens is 829 g/mol. The quantitative estimate of drug-likeness (QED) is 0.0235. The Kier molecular flexibility index (Phi) is 47.1. The maximum Gasteiger partial charge on any atom is 0.403 e. The Morgan fingerprint density at radius 3 is 1.08 bits per heavy atom. The molecule has 9 heteroatoms. The van der Waals surface area contributed by atoms with Gasteiger partial charge in [-0.1, -0.05) is 205 Å². The van der Waals surface area contributed by atoms with Crippen LogP contribution in [0, 0.1) is 0 Å². The second-order valence-corrected chi connectivity index (χ2v) is 18.9. The molecule has 0 saturated heterocycles. The van der Waals surface area contributed by atoms with Crippen molar-refractivity contribution >= 4 is 17.9 Å². The van der Waals surface area contributed by atoms with Crippen molar-refractivity contribution in [3.8, 4) is 0 Å². The van der Waals surface area contributed by atoms with E-state index in [1.165, 1.54) is 116 Å². The van der Waals surface area contributed by atoms with Crippen molar-refractivity contribution in [2.24, 2.45) is 0 Å². The summed E-state index contributed by atoms with van der Waals surface area (Å²) >= 11 is 0. The number of hydrogen-bond donors (Lipinski definition) is 3. The van der Waals surface area contributed by atoms with Gasteiger partial charge >= 0.3 is 23.9 Å². The van der Waals surface area contributed by atoms with Crippen LogP contribution in [-0.4, -0.2) is 58.0 Å². The van der Waals surface area contributed by atoms with Crippen molar-refractivity contribution in [1.29, 1.82) is 0 Å². The molecule has 0 aromatic rings. The van der Waals surface area contributed by atoms with Gasteiger partial charge in [0.1, 0.15) is 0 Å². The number of hydrogen-bond acceptors (Lipinski definition) is 9. The number of aliphatic hydroxyl groups is 3. The number of carbonyl (C=O) groups excluding carboxylic acids is 3. The molecule has 0 amide bonds. The van der Waals surface area contributed by atoms with Crippen LogP contribution in [0.5, 0.6) is 0 Å². The van der Waals surface area contributed by atoms with Crippen LogP contribution in [0.4, 0.5) is 0 Å². The van der Waals surface area contributed by atoms with Crippen LogP contribution in [0.25, 0.3) is 0 Å². The van der Waals surface area contributed by atoms with Crippen LogP contribution in [0.3, 0.4) is 0 Å². The second-order valence-electron chi connectivity index (χ2n) is 18.9. The molecule has 386 valence electrons. The average Bonchev–Trinajstić information content (AvgIpc) is 3.30. The van der Waals surface area contributed by atoms with E-state index in [-0.39, 0.29) is 19.3 Å². The summed E-state index contributed by atoms with van der Waals surface area (Å²) in [5, 5.41) is 31.3. The molecule has 66 heavy (non-hydrogen) atoms. The Hall–Kier alpha value is -2.49. The highest BCUT2D eigenvalue weighted by Gasteiger charge is 2.46. The zero-order chi connectivity index (χ0) is 48.4. The summed E-state index contributed by atoms with van der Waals surface area (Å²) in [6, 6.07) is 0. The number of unbranched alkanes of at least 4 members (excludes halogenated alkanes) is 32. The van der Waals surface area contributed by atoms with Gasteiger partial charge in [0, 0.05) is 12.8 Å². The van der Waals surface area contributed by atoms with Crippen LogP contribution in [0.2, 0.25) is 0 Å². The van der Waals surface area contributed by atoms with E-state index in [9.17, 15) is 29.7 Å². The number of allylic oxidation sites excluding steroid dienone is 6. The van der Waals surface area contributed by atoms with E-state index in [2.05, 4.69) is 57.2 Å². The maximum absolute atomic E-state index is 13.5. The minimum absolute atomic E-state index is 0.0568. The first-order valence-corrected chi connectivity index (χ1v) is 27.8. The molecule has 0 aromatic carbocycles. The molecule has 0 saturated carbocycles. The molecule has 0 fully saturated rings. The van der Waals surface area contributed by atoms with Crippen molar-refractivity contribution in [2.45, 2.75) is 302 Å². The fraction of sp³-hybridized carbons (Fsp3) is 0.842. The molecular formula is C57H104O9. The number of esters is 3. The van der Waals surface area contributed by atoms with E-state index in [0.717, 1.165) is 109 Å². The monoisotopic (exact) mass is 933 g/mol. The first-order chi connectivity index (χ1) is 32.2. The van der Waals surface area contributed by atoms with E-state index in [1.807, 2.05) is 0 Å². The SMILES string of the molecule is CCCCCCCC/C=C\CCCCCCCC(=O)OC(CCCCCC/C=C\CCCCCCCC)C(=O)OC(O)(OC(=O)CCCCCCC/C=C\CCCCCCCC)C(O)CO. The molecule has 0 aromatic heterocycles. The predicted octanol–water partition coefficient (Wildman–Crippen LogP) is 15.7. The molecule has 0 radical (unpaired) electrons. The molecule has 3 unspecified atom stereocenters. The van der Waals surface area contributed by atoms with Crippen LogP contribution >= 0.6 is 0 Å². The van der Waals surface area contributed by atoms with Crippen molar-refractivity contribution < 1.29 is 43.9 Å². The zero-order valence-electron chi connectivity index (χ0n) is 43.1. The summed E-state index contributed by atoms with van der Waals surface area (Å²) in [4.78, 5) is 39.3. The number of rotatable bonds is 50. The smallest absolute Gasteiger partial charge is 0.403 e. The van der Waals surface area contributed by atoms with Gasteiger partial charge in [0.05, 0.1) is 6.61 Å². The Labute approximate surface area is 405 Å². The highest BCUT2D eigenvalue weighted by atomic mass is 16.9. The molecule has 0 rings (SSSR count). The van der Waals surface area contributed by atoms with Gasteiger partial charge in [0.15, 0.2) is 12.2 Å². The van der Waals surface area contributed by atoms with Gasteiger partial charge < -0.3 is 29.5 Å². The molecule has 0 bridgehead atoms. The maximum atomic E-state index is 13.5. The van der Waals surface area contributed by atoms with Crippen molar-refractivity contribution in [3.05, 3.63) is 36.5 Å². The van der Waals surface area contributed by atoms with Gasteiger partial charge in [-0.25, -0.2) is 4.79 Å². The van der Waals surface area contributed by atoms with Gasteiger partial charge in [-0.05, 0) is 103 Å². The lowest BCUT2D eigenvalue weighted by Crippen LogP contribution is -2.53. The average molecular weight is 933 g/mol. The first kappa shape index (κ1) is 63.5. The summed E-state index contributed by atoms with van der Waals surface area (Å²) < 4.78 is 16.0. The highest BCUT2D eigenvalue weighted by molar-refractivity contribution is 5.79. The minimum atomic E-state index is -3.12. The largest absolute Gasteiger partial charge is 0.450 e. The van der Waals surface area contributed by atoms with E-state index < -0.39 is 42.7 Å². The van der Waals surface area contributed by atoms with E-state index in [1.54, 1.807) is 0 Å². The lowest BCUT2D eigenvalue weighted by Gasteiger charge is -2.31. The van der Waals surface area contributed by atoms with Crippen LogP contribution in [-0.2, 0) is 28.6 Å². The number of aliphatic hydroxyl groups excluding tert-OH is 2. The molecule has 3 atom stereocenters. The van der Waals surface area contributed by atoms with Crippen molar-refractivity contribution in [2.75, 3.05) is 6.61 Å². The van der Waals surface area contributed by atoms with E-state index in [0.29, 0.717) is 19.3 Å². The Balaban J connectivity index is 4.93. The number of carbonyl (C=O) groups is 3. The first-order valence-electron chi connectivity index (χ1n) is 27.8. The third-order valence-corrected chi connectivity index (χ3v) is 12.4. The lowest BCUT2D eigenvalue weighted by molar-refractivity contribution is -0.366. The van der Waals surface area contributed by atoms with E-state index in [4.69, 9.17) is 14.2 Å². The van der Waals surface area contributed by atoms with Gasteiger partial charge in [0.2, 0.25) is 0 Å². The fourth-order valence-corrected chi connectivity index (χ4v) is 8.04. The predicted molar refractivity (Wildman–Crippen MR) is 274 cm³/mol. The second kappa shape index (κ2) is 48.9. The standard InChI is InChI=1S/C57H104O9/c1-4-7-10-13-16-19-22-25-28-31-34-37-40-43-46-49-54(60)64-52(48-45-42-39-36-33-30-27-24-21-18-15-12-9-6-3)56(62)66-57(63,53(59)51-58)65-55(61)50-47-44-41-38-35-32-29-26-23-20-17-14-11-8-5-2/h25-30,52-53,58-59,63H,4-24,31-51H2,1-3H3/b28-25-,29-26-,30-27-. The molecule has 0 aliphatic carbocycles. The summed E-state index contributed by atoms with van der Waals surface area (Å²) in [6.45, 7) is 5.69. The van der Waals surface area contributed by atoms with Gasteiger partial charge in [-0.2, -0.15) is 0 Å². The molecule has 0 spiro atoms. The minimum Gasteiger partial charge on any atom is -0.450 e. The zero-order valence-corrected chi connectivity index (χ0v) is 43.1. The topological polar surface area (TPSA) is 140 Å². The molecule has 0 aliphatic rings. The van der Waals surface area contributed by atoms with Gasteiger partial charge in [-0.15, -0.1) is 0 Å². The number of ether oxygens (including phenoxy) is 3. The highest BCUT2D eigenvalue weighted by Crippen LogP contribution is 2.22. The van der Waals surface area contributed by atoms with Gasteiger partial charge in [0.25, 0.3) is 0 Å². The van der Waals surface area contributed by atoms with Crippen molar-refractivity contribution in [1.82, 2.24) is 0 Å². The van der Waals surface area contributed by atoms with Crippen LogP contribution in [0.15, 0.2) is 36.5 Å². The lowest BCUT2D eigenvalue weighted by atomic mass is 10.1. The molecule has 0 aliphatic heterocycles. The molecule has 0 heterocycles. The summed E-state index contributed by atoms with van der Waals surface area (Å²) in [7, 11) is 0. The third kappa shape index (κ3) is 41.7. The molecule has 3 N–H and O–H groups in total. The Morgan fingerprint density at radius 2 is 0.727 bits per heavy atom. The molecule has 9 nitrogen and oxygen atoms in total. The van der Waals surface area contributed by atoms with Crippen molar-refractivity contribution in [3.63, 3.8) is 0 Å². The summed E-state index contributed by atoms with van der Waals surface area (Å²) in [5.41, 5.74) is 0. The Morgan fingerprint density at radius 1 is 0.424 bits per heavy atom. The van der Waals surface area contributed by atoms with Gasteiger partial charge in [-0.3, -0.25) is 9.59 Å². The van der Waals surface area contributed by atoms with E-state index >= 15 is 0 Å². The van der Waals surface area contributed by atoms with Crippen LogP contribution in [0.1, 0.15) is 284 Å². The third-order valence-electron chi connectivity index (χ3n) is 12.4. The fourth-order valence-electron chi connectivity index (χ4n) is 8.04.